The van der Waals surface area contributed by atoms with Gasteiger partial charge in [-0.05, 0) is 54.1 Å². The van der Waals surface area contributed by atoms with Crippen LogP contribution in [0.25, 0.3) is 0 Å². The Morgan fingerprint density at radius 1 is 1.02 bits per heavy atom. The number of amides is 3. The second-order valence-corrected chi connectivity index (χ2v) is 12.7. The van der Waals surface area contributed by atoms with Crippen LogP contribution in [0.1, 0.15) is 55.1 Å². The van der Waals surface area contributed by atoms with Crippen molar-refractivity contribution < 1.29 is 23.9 Å². The molecule has 1 aliphatic heterocycles. The number of nitrogens with zero attached hydrogens (tertiary/aromatic N) is 1. The molecule has 42 heavy (non-hydrogen) atoms. The monoisotopic (exact) mass is 619 g/mol. The van der Waals surface area contributed by atoms with Gasteiger partial charge in [0, 0.05) is 28.9 Å². The maximum absolute atomic E-state index is 13.9. The summed E-state index contributed by atoms with van der Waals surface area (Å²) < 4.78 is 5.36. The number of ether oxygens (including phenoxy) is 1. The second-order valence-electron chi connectivity index (χ2n) is 9.48. The first-order valence-electron chi connectivity index (χ1n) is 13.4. The highest BCUT2D eigenvalue weighted by Crippen LogP contribution is 2.41. The van der Waals surface area contributed by atoms with Crippen LogP contribution in [0.2, 0.25) is 0 Å². The number of hydrogen-bond acceptors (Lipinski definition) is 8. The molecule has 1 atom stereocenters. The Balaban J connectivity index is 1.42. The Labute approximate surface area is 256 Å². The molecule has 8 nitrogen and oxygen atoms in total. The Kier molecular flexibility index (Phi) is 9.41. The standard InChI is InChI=1S/C31H29N3O5S3/c1-3-39-31(38)26-23-14-15-34(19(2)35)18-25(23)42-30(26)33-29(37)27(20-9-5-4-6-10-20)41-22-12-7-11-21(17-22)32-28(36)24-13-8-16-40-24/h4-13,16-17,27H,3,14-15,18H2,1-2H3,(H,32,36)(H,33,37). The molecule has 3 heterocycles. The fourth-order valence-electron chi connectivity index (χ4n) is 4.64. The molecule has 0 bridgehead atoms. The molecule has 2 aromatic carbocycles. The molecule has 1 unspecified atom stereocenters. The van der Waals surface area contributed by atoms with E-state index in [9.17, 15) is 19.2 Å². The van der Waals surface area contributed by atoms with Crippen LogP contribution in [0.15, 0.2) is 77.0 Å². The molecule has 11 heteroatoms. The fourth-order valence-corrected chi connectivity index (χ4v) is 7.60. The van der Waals surface area contributed by atoms with Crippen molar-refractivity contribution in [2.75, 3.05) is 23.8 Å². The first kappa shape index (κ1) is 29.6. The first-order chi connectivity index (χ1) is 20.3. The minimum Gasteiger partial charge on any atom is -0.462 e. The van der Waals surface area contributed by atoms with Crippen LogP contribution in [0.3, 0.4) is 0 Å². The van der Waals surface area contributed by atoms with Gasteiger partial charge in [0.1, 0.15) is 10.3 Å². The average Bonchev–Trinajstić information content (AvgIpc) is 3.65. The third kappa shape index (κ3) is 6.75. The number of carbonyl (C=O) groups is 4. The van der Waals surface area contributed by atoms with Crippen molar-refractivity contribution in [1.82, 2.24) is 4.90 Å². The Bertz CT molecular complexity index is 1600. The molecular weight excluding hydrogens is 591 g/mol. The van der Waals surface area contributed by atoms with Gasteiger partial charge in [0.25, 0.3) is 5.91 Å². The number of carbonyl (C=O) groups excluding carboxylic acids is 4. The van der Waals surface area contributed by atoms with Gasteiger partial charge in [-0.1, -0.05) is 42.5 Å². The quantitative estimate of drug-likeness (QED) is 0.161. The van der Waals surface area contributed by atoms with Crippen LogP contribution in [0.5, 0.6) is 0 Å². The lowest BCUT2D eigenvalue weighted by atomic mass is 10.0. The summed E-state index contributed by atoms with van der Waals surface area (Å²) in [7, 11) is 0. The van der Waals surface area contributed by atoms with Gasteiger partial charge in [-0.3, -0.25) is 14.4 Å². The number of anilines is 2. The lowest BCUT2D eigenvalue weighted by Gasteiger charge is -2.25. The summed E-state index contributed by atoms with van der Waals surface area (Å²) in [5, 5.41) is 7.56. The fraction of sp³-hybridized carbons (Fsp3) is 0.226. The molecular formula is C31H29N3O5S3. The van der Waals surface area contributed by atoms with Crippen molar-refractivity contribution in [3.05, 3.63) is 98.6 Å². The van der Waals surface area contributed by atoms with Gasteiger partial charge in [0.05, 0.1) is 23.6 Å². The van der Waals surface area contributed by atoms with Gasteiger partial charge in [0.15, 0.2) is 0 Å². The molecule has 0 aliphatic carbocycles. The van der Waals surface area contributed by atoms with E-state index < -0.39 is 11.2 Å². The molecule has 0 fully saturated rings. The van der Waals surface area contributed by atoms with Crippen molar-refractivity contribution in [3.8, 4) is 0 Å². The smallest absolute Gasteiger partial charge is 0.341 e. The highest BCUT2D eigenvalue weighted by atomic mass is 32.2. The molecule has 3 amide bonds. The highest BCUT2D eigenvalue weighted by molar-refractivity contribution is 8.00. The maximum Gasteiger partial charge on any atom is 0.341 e. The topological polar surface area (TPSA) is 105 Å². The first-order valence-corrected chi connectivity index (χ1v) is 16.0. The molecule has 216 valence electrons. The van der Waals surface area contributed by atoms with E-state index in [1.807, 2.05) is 60.0 Å². The molecule has 0 radical (unpaired) electrons. The van der Waals surface area contributed by atoms with Gasteiger partial charge in [-0.25, -0.2) is 4.79 Å². The van der Waals surface area contributed by atoms with Crippen molar-refractivity contribution in [1.29, 1.82) is 0 Å². The van der Waals surface area contributed by atoms with E-state index >= 15 is 0 Å². The number of benzene rings is 2. The predicted molar refractivity (Wildman–Crippen MR) is 167 cm³/mol. The third-order valence-electron chi connectivity index (χ3n) is 6.65. The number of rotatable bonds is 9. The number of esters is 1. The van der Waals surface area contributed by atoms with Crippen LogP contribution in [0.4, 0.5) is 10.7 Å². The zero-order valence-electron chi connectivity index (χ0n) is 23.0. The van der Waals surface area contributed by atoms with Crippen molar-refractivity contribution in [2.24, 2.45) is 0 Å². The molecule has 4 aromatic rings. The van der Waals surface area contributed by atoms with E-state index in [1.165, 1.54) is 41.4 Å². The Morgan fingerprint density at radius 2 is 1.83 bits per heavy atom. The molecule has 0 spiro atoms. The molecule has 2 aromatic heterocycles. The molecule has 1 aliphatic rings. The third-order valence-corrected chi connectivity index (χ3v) is 9.90. The van der Waals surface area contributed by atoms with Crippen LogP contribution < -0.4 is 10.6 Å². The van der Waals surface area contributed by atoms with Gasteiger partial charge in [0.2, 0.25) is 11.8 Å². The van der Waals surface area contributed by atoms with E-state index in [2.05, 4.69) is 10.6 Å². The van der Waals surface area contributed by atoms with Crippen molar-refractivity contribution in [3.63, 3.8) is 0 Å². The summed E-state index contributed by atoms with van der Waals surface area (Å²) in [5.74, 6) is -1.01. The van der Waals surface area contributed by atoms with Gasteiger partial charge in [-0.15, -0.1) is 34.4 Å². The summed E-state index contributed by atoms with van der Waals surface area (Å²) in [5.41, 5.74) is 2.60. The van der Waals surface area contributed by atoms with E-state index in [1.54, 1.807) is 24.0 Å². The summed E-state index contributed by atoms with van der Waals surface area (Å²) >= 11 is 4.02. The average molecular weight is 620 g/mol. The van der Waals surface area contributed by atoms with E-state index in [0.29, 0.717) is 40.6 Å². The van der Waals surface area contributed by atoms with Crippen molar-refractivity contribution >= 4 is 68.8 Å². The Hall–Kier alpha value is -3.93. The largest absolute Gasteiger partial charge is 0.462 e. The van der Waals surface area contributed by atoms with Crippen molar-refractivity contribution in [2.45, 2.75) is 37.0 Å². The van der Waals surface area contributed by atoms with Crippen LogP contribution >= 0.6 is 34.4 Å². The summed E-state index contributed by atoms with van der Waals surface area (Å²) in [6.07, 6.45) is 0.510. The Morgan fingerprint density at radius 3 is 2.55 bits per heavy atom. The van der Waals surface area contributed by atoms with Crippen LogP contribution in [-0.4, -0.2) is 41.7 Å². The number of fused-ring (bicyclic) bond motifs is 1. The van der Waals surface area contributed by atoms with Gasteiger partial charge < -0.3 is 20.3 Å². The zero-order chi connectivity index (χ0) is 29.6. The van der Waals surface area contributed by atoms with Crippen LogP contribution in [0, 0.1) is 0 Å². The van der Waals surface area contributed by atoms with E-state index in [0.717, 1.165) is 20.9 Å². The lowest BCUT2D eigenvalue weighted by molar-refractivity contribution is -0.129. The highest BCUT2D eigenvalue weighted by Gasteiger charge is 2.32. The summed E-state index contributed by atoms with van der Waals surface area (Å²) in [6, 6.07) is 20.4. The normalized spacial score (nSPS) is 13.1. The van der Waals surface area contributed by atoms with Gasteiger partial charge in [-0.2, -0.15) is 0 Å². The summed E-state index contributed by atoms with van der Waals surface area (Å²) in [4.78, 5) is 55.6. The van der Waals surface area contributed by atoms with Crippen LogP contribution in [-0.2, 0) is 27.3 Å². The summed E-state index contributed by atoms with van der Waals surface area (Å²) in [6.45, 7) is 4.36. The van der Waals surface area contributed by atoms with E-state index in [4.69, 9.17) is 4.74 Å². The molecule has 0 saturated heterocycles. The number of thiophene rings is 2. The molecule has 2 N–H and O–H groups in total. The number of nitrogens with one attached hydrogen (secondary N) is 2. The van der Waals surface area contributed by atoms with Gasteiger partial charge >= 0.3 is 5.97 Å². The minimum absolute atomic E-state index is 0.0355. The predicted octanol–water partition coefficient (Wildman–Crippen LogP) is 6.62. The second kappa shape index (κ2) is 13.4. The number of thioether (sulfide) groups is 1. The number of hydrogen-bond donors (Lipinski definition) is 2. The molecule has 5 rings (SSSR count). The minimum atomic E-state index is -0.655. The lowest BCUT2D eigenvalue weighted by Crippen LogP contribution is -2.34. The van der Waals surface area contributed by atoms with E-state index in [-0.39, 0.29) is 24.3 Å². The zero-order valence-corrected chi connectivity index (χ0v) is 25.5. The molecule has 0 saturated carbocycles. The SMILES string of the molecule is CCOC(=O)c1c(NC(=O)C(Sc2cccc(NC(=O)c3cccs3)c2)c2ccccc2)sc2c1CCN(C(C)=O)C2. The maximum atomic E-state index is 13.9.